The number of esters is 1. The van der Waals surface area contributed by atoms with Gasteiger partial charge in [-0.05, 0) is 25.8 Å². The smallest absolute Gasteiger partial charge is 0.328 e. The number of hydrogen-bond donors (Lipinski definition) is 2. The third-order valence-electron chi connectivity index (χ3n) is 5.22. The lowest BCUT2D eigenvalue weighted by Crippen LogP contribution is -2.43. The van der Waals surface area contributed by atoms with Crippen LogP contribution in [0.3, 0.4) is 0 Å². The van der Waals surface area contributed by atoms with E-state index in [1.54, 1.807) is 0 Å². The van der Waals surface area contributed by atoms with Gasteiger partial charge in [-0.2, -0.15) is 0 Å². The second-order valence-electron chi connectivity index (χ2n) is 7.85. The molecule has 0 bridgehead atoms. The number of hydrogen-bond acceptors (Lipinski definition) is 7. The highest BCUT2D eigenvalue weighted by Crippen LogP contribution is 2.27. The number of carbonyl (C=O) groups is 2. The average molecular weight is 459 g/mol. The second-order valence-corrected chi connectivity index (χ2v) is 7.85. The predicted molar refractivity (Wildman–Crippen MR) is 124 cm³/mol. The molecule has 1 aromatic carbocycles. The zero-order valence-electron chi connectivity index (χ0n) is 19.7. The summed E-state index contributed by atoms with van der Waals surface area (Å²) in [6.45, 7) is 6.11. The Bertz CT molecular complexity index is 890. The average Bonchev–Trinajstić information content (AvgIpc) is 2.81. The number of carbonyl (C=O) groups excluding carboxylic acids is 2. The molecule has 33 heavy (non-hydrogen) atoms. The van der Waals surface area contributed by atoms with Gasteiger partial charge in [-0.3, -0.25) is 4.79 Å². The van der Waals surface area contributed by atoms with Crippen LogP contribution in [0.1, 0.15) is 56.1 Å². The Morgan fingerprint density at radius 1 is 1.12 bits per heavy atom. The van der Waals surface area contributed by atoms with Gasteiger partial charge in [0.1, 0.15) is 12.1 Å². The summed E-state index contributed by atoms with van der Waals surface area (Å²) >= 11 is 0. The van der Waals surface area contributed by atoms with Gasteiger partial charge >= 0.3 is 5.97 Å². The Kier molecular flexibility index (Phi) is 10.6. The number of benzene rings is 1. The number of pyridine rings is 1. The largest absolute Gasteiger partial charge is 0.503 e. The van der Waals surface area contributed by atoms with Crippen LogP contribution in [0, 0.1) is 0 Å². The van der Waals surface area contributed by atoms with Crippen LogP contribution in [0.2, 0.25) is 0 Å². The molecule has 180 valence electrons. The summed E-state index contributed by atoms with van der Waals surface area (Å²) in [7, 11) is 1.37. The van der Waals surface area contributed by atoms with Gasteiger partial charge in [-0.15, -0.1) is 0 Å². The van der Waals surface area contributed by atoms with Crippen molar-refractivity contribution in [2.45, 2.75) is 64.7 Å². The van der Waals surface area contributed by atoms with E-state index in [1.165, 1.54) is 26.3 Å². The second kappa shape index (κ2) is 13.4. The van der Waals surface area contributed by atoms with Crippen LogP contribution >= 0.6 is 0 Å². The van der Waals surface area contributed by atoms with Gasteiger partial charge < -0.3 is 24.6 Å². The van der Waals surface area contributed by atoms with Gasteiger partial charge in [0.25, 0.3) is 5.91 Å². The number of amides is 1. The van der Waals surface area contributed by atoms with Crippen LogP contribution in [0.5, 0.6) is 11.5 Å². The summed E-state index contributed by atoms with van der Waals surface area (Å²) in [6.07, 6.45) is 4.09. The highest BCUT2D eigenvalue weighted by Gasteiger charge is 2.28. The molecule has 3 atom stereocenters. The minimum absolute atomic E-state index is 0.113. The fraction of sp³-hybridized carbons (Fsp3) is 0.480. The Morgan fingerprint density at radius 3 is 2.52 bits per heavy atom. The molecule has 2 rings (SSSR count). The van der Waals surface area contributed by atoms with Gasteiger partial charge in [0.2, 0.25) is 0 Å². The Hall–Kier alpha value is -3.13. The monoisotopic (exact) mass is 458 g/mol. The number of rotatable bonds is 13. The summed E-state index contributed by atoms with van der Waals surface area (Å²) in [6, 6.07) is 10.2. The molecule has 8 heteroatoms. The first kappa shape index (κ1) is 26.1. The number of nitrogens with one attached hydrogen (secondary N) is 1. The normalized spacial score (nSPS) is 13.6. The van der Waals surface area contributed by atoms with Crippen molar-refractivity contribution >= 4 is 11.9 Å². The molecule has 2 aromatic rings. The number of methoxy groups -OCH3 is 1. The van der Waals surface area contributed by atoms with Gasteiger partial charge in [-0.25, -0.2) is 9.78 Å². The van der Waals surface area contributed by atoms with Gasteiger partial charge in [0.05, 0.1) is 13.2 Å². The zero-order valence-corrected chi connectivity index (χ0v) is 19.7. The molecule has 0 radical (unpaired) electrons. The highest BCUT2D eigenvalue weighted by molar-refractivity contribution is 5.97. The summed E-state index contributed by atoms with van der Waals surface area (Å²) in [5.41, 5.74) is 0.781. The maximum atomic E-state index is 12.8. The van der Waals surface area contributed by atoms with Crippen molar-refractivity contribution in [1.29, 1.82) is 0 Å². The van der Waals surface area contributed by atoms with Crippen LogP contribution in [-0.2, 0) is 20.7 Å². The maximum Gasteiger partial charge on any atom is 0.328 e. The maximum absolute atomic E-state index is 12.8. The molecule has 0 aliphatic rings. The van der Waals surface area contributed by atoms with Crippen molar-refractivity contribution in [1.82, 2.24) is 10.3 Å². The number of ether oxygens (including phenoxy) is 3. The molecule has 0 unspecified atom stereocenters. The minimum atomic E-state index is -0.963. The molecule has 1 heterocycles. The molecule has 0 fully saturated rings. The van der Waals surface area contributed by atoms with E-state index in [-0.39, 0.29) is 17.5 Å². The van der Waals surface area contributed by atoms with E-state index in [4.69, 9.17) is 14.2 Å². The molecule has 0 saturated carbocycles. The Balaban J connectivity index is 2.04. The summed E-state index contributed by atoms with van der Waals surface area (Å²) in [5.74, 6) is -1.59. The predicted octanol–water partition coefficient (Wildman–Crippen LogP) is 3.66. The van der Waals surface area contributed by atoms with Gasteiger partial charge in [0.15, 0.2) is 17.2 Å². The van der Waals surface area contributed by atoms with Crippen LogP contribution in [0.25, 0.3) is 0 Å². The van der Waals surface area contributed by atoms with E-state index < -0.39 is 29.8 Å². The topological polar surface area (TPSA) is 107 Å². The number of aromatic hydroxyl groups is 1. The van der Waals surface area contributed by atoms with Crippen molar-refractivity contribution in [3.8, 4) is 11.5 Å². The van der Waals surface area contributed by atoms with E-state index in [9.17, 15) is 14.7 Å². The summed E-state index contributed by atoms with van der Waals surface area (Å²) in [4.78, 5) is 29.2. The highest BCUT2D eigenvalue weighted by atomic mass is 16.6. The van der Waals surface area contributed by atoms with E-state index in [0.29, 0.717) is 13.0 Å². The van der Waals surface area contributed by atoms with Crippen LogP contribution in [0.4, 0.5) is 0 Å². The first-order valence-corrected chi connectivity index (χ1v) is 11.3. The van der Waals surface area contributed by atoms with Crippen LogP contribution in [-0.4, -0.2) is 53.9 Å². The number of nitrogens with zero attached hydrogens (tertiary/aromatic N) is 1. The SMILES string of the molecule is CCCCCO[C@@H](C)[C@@H](Cc1ccccc1)OC(=O)[C@H](C)NC(=O)c1nccc(OC)c1O. The molecular formula is C25H34N2O6. The number of unbranched alkanes of at least 4 members (excludes halogenated alkanes) is 2. The Labute approximate surface area is 195 Å². The molecule has 0 saturated heterocycles. The fourth-order valence-corrected chi connectivity index (χ4v) is 3.22. The van der Waals surface area contributed by atoms with Crippen molar-refractivity contribution in [2.75, 3.05) is 13.7 Å². The standard InChI is InChI=1S/C25H34N2O6/c1-5-6-10-15-32-18(3)21(16-19-11-8-7-9-12-19)33-25(30)17(2)27-24(29)22-23(28)20(31-4)13-14-26-22/h7-9,11-14,17-18,21,28H,5-6,10,15-16H2,1-4H3,(H,27,29)/t17-,18-,21+/m0/s1. The van der Waals surface area contributed by atoms with Crippen molar-refractivity contribution in [3.05, 3.63) is 53.9 Å². The first-order chi connectivity index (χ1) is 15.9. The molecule has 0 aliphatic heterocycles. The van der Waals surface area contributed by atoms with E-state index >= 15 is 0 Å². The Morgan fingerprint density at radius 2 is 1.85 bits per heavy atom. The minimum Gasteiger partial charge on any atom is -0.503 e. The molecule has 1 aromatic heterocycles. The summed E-state index contributed by atoms with van der Waals surface area (Å²) in [5, 5.41) is 12.7. The van der Waals surface area contributed by atoms with E-state index in [2.05, 4.69) is 17.2 Å². The molecule has 8 nitrogen and oxygen atoms in total. The lowest BCUT2D eigenvalue weighted by molar-refractivity contribution is -0.158. The van der Waals surface area contributed by atoms with Crippen molar-refractivity contribution in [2.24, 2.45) is 0 Å². The van der Waals surface area contributed by atoms with E-state index in [0.717, 1.165) is 24.8 Å². The summed E-state index contributed by atoms with van der Waals surface area (Å²) < 4.78 is 16.7. The molecule has 0 spiro atoms. The van der Waals surface area contributed by atoms with Gasteiger partial charge in [-0.1, -0.05) is 50.1 Å². The van der Waals surface area contributed by atoms with E-state index in [1.807, 2.05) is 37.3 Å². The zero-order chi connectivity index (χ0) is 24.2. The molecule has 0 aliphatic carbocycles. The van der Waals surface area contributed by atoms with Crippen molar-refractivity contribution in [3.63, 3.8) is 0 Å². The van der Waals surface area contributed by atoms with Crippen molar-refractivity contribution < 1.29 is 28.9 Å². The lowest BCUT2D eigenvalue weighted by atomic mass is 10.0. The van der Waals surface area contributed by atoms with Crippen LogP contribution in [0.15, 0.2) is 42.6 Å². The molecule has 2 N–H and O–H groups in total. The molecule has 1 amide bonds. The fourth-order valence-electron chi connectivity index (χ4n) is 3.22. The third kappa shape index (κ3) is 8.05. The quantitative estimate of drug-likeness (QED) is 0.348. The first-order valence-electron chi connectivity index (χ1n) is 11.3. The van der Waals surface area contributed by atoms with Gasteiger partial charge in [0, 0.05) is 25.3 Å². The molecular weight excluding hydrogens is 424 g/mol. The third-order valence-corrected chi connectivity index (χ3v) is 5.22. The lowest BCUT2D eigenvalue weighted by Gasteiger charge is -2.26. The van der Waals surface area contributed by atoms with Crippen LogP contribution < -0.4 is 10.1 Å². The number of aromatic nitrogens is 1.